The lowest BCUT2D eigenvalue weighted by Crippen LogP contribution is -2.44. The van der Waals surface area contributed by atoms with Crippen molar-refractivity contribution >= 4 is 40.4 Å². The summed E-state index contributed by atoms with van der Waals surface area (Å²) in [5, 5.41) is 15.6. The van der Waals surface area contributed by atoms with Gasteiger partial charge in [0.2, 0.25) is 5.91 Å². The first-order valence-corrected chi connectivity index (χ1v) is 12.7. The minimum Gasteiger partial charge on any atom is -0.506 e. The largest absolute Gasteiger partial charge is 0.506 e. The van der Waals surface area contributed by atoms with Crippen molar-refractivity contribution < 1.29 is 14.7 Å². The summed E-state index contributed by atoms with van der Waals surface area (Å²) in [6, 6.07) is 16.2. The third-order valence-electron chi connectivity index (χ3n) is 6.68. The number of carbonyl (C=O) groups excluding carboxylic acids is 2. The Labute approximate surface area is 215 Å². The number of carbonyl (C=O) groups is 2. The maximum absolute atomic E-state index is 13.3. The molecule has 36 heavy (non-hydrogen) atoms. The number of hydrogen-bond acceptors (Lipinski definition) is 5. The van der Waals surface area contributed by atoms with E-state index in [1.165, 1.54) is 24.6 Å². The molecule has 188 valence electrons. The van der Waals surface area contributed by atoms with Crippen molar-refractivity contribution in [1.82, 2.24) is 10.3 Å². The minimum absolute atomic E-state index is 0.0911. The number of halogens is 1. The van der Waals surface area contributed by atoms with Gasteiger partial charge < -0.3 is 15.7 Å². The van der Waals surface area contributed by atoms with Crippen molar-refractivity contribution in [1.29, 1.82) is 0 Å². The van der Waals surface area contributed by atoms with Crippen LogP contribution < -0.4 is 11.2 Å². The Hall–Kier alpha value is -3.42. The number of amides is 2. The predicted molar refractivity (Wildman–Crippen MR) is 143 cm³/mol. The lowest BCUT2D eigenvalue weighted by molar-refractivity contribution is -0.133. The Balaban J connectivity index is 1.51. The molecule has 7 nitrogen and oxygen atoms in total. The summed E-state index contributed by atoms with van der Waals surface area (Å²) in [6.07, 6.45) is 7.54. The Bertz CT molecular complexity index is 1270. The highest BCUT2D eigenvalue weighted by Gasteiger charge is 2.25. The zero-order chi connectivity index (χ0) is 25.5. The first kappa shape index (κ1) is 25.7. The monoisotopic (exact) mass is 506 g/mol. The smallest absolute Gasteiger partial charge is 0.271 e. The molecule has 1 aliphatic rings. The quantitative estimate of drug-likeness (QED) is 0.306. The second-order valence-electron chi connectivity index (χ2n) is 9.07. The highest BCUT2D eigenvalue weighted by atomic mass is 35.5. The molecule has 8 heteroatoms. The van der Waals surface area contributed by atoms with Crippen molar-refractivity contribution in [2.24, 2.45) is 10.8 Å². The number of nitrogens with one attached hydrogen (secondary N) is 1. The van der Waals surface area contributed by atoms with Crippen LogP contribution >= 0.6 is 11.6 Å². The van der Waals surface area contributed by atoms with Crippen molar-refractivity contribution in [2.75, 3.05) is 13.1 Å². The lowest BCUT2D eigenvalue weighted by Gasteiger charge is -2.34. The van der Waals surface area contributed by atoms with Crippen LogP contribution in [0, 0.1) is 0 Å². The number of benzene rings is 3. The summed E-state index contributed by atoms with van der Waals surface area (Å²) in [6.45, 7) is 1.04. The van der Waals surface area contributed by atoms with E-state index in [2.05, 4.69) is 10.5 Å². The molecule has 0 radical (unpaired) electrons. The second kappa shape index (κ2) is 12.0. The number of nitrogens with zero attached hydrogens (tertiary/aromatic N) is 2. The van der Waals surface area contributed by atoms with E-state index in [9.17, 15) is 14.7 Å². The number of fused-ring (bicyclic) bond motifs is 1. The summed E-state index contributed by atoms with van der Waals surface area (Å²) < 4.78 is 0. The molecule has 0 spiro atoms. The van der Waals surface area contributed by atoms with E-state index in [1.807, 2.05) is 41.3 Å². The van der Waals surface area contributed by atoms with Crippen LogP contribution in [0.2, 0.25) is 5.02 Å². The van der Waals surface area contributed by atoms with Gasteiger partial charge in [0.15, 0.2) is 0 Å². The van der Waals surface area contributed by atoms with E-state index in [0.717, 1.165) is 47.6 Å². The highest BCUT2D eigenvalue weighted by Crippen LogP contribution is 2.26. The average molecular weight is 507 g/mol. The fourth-order valence-electron chi connectivity index (χ4n) is 4.83. The number of nitrogens with two attached hydrogens (primary N) is 1. The maximum Gasteiger partial charge on any atom is 0.271 e. The molecule has 0 aliphatic heterocycles. The molecule has 3 aromatic rings. The predicted octanol–water partition coefficient (Wildman–Crippen LogP) is 4.63. The summed E-state index contributed by atoms with van der Waals surface area (Å²) in [4.78, 5) is 27.7. The van der Waals surface area contributed by atoms with Crippen LogP contribution in [-0.4, -0.2) is 47.2 Å². The molecule has 1 fully saturated rings. The van der Waals surface area contributed by atoms with Gasteiger partial charge in [-0.15, -0.1) is 0 Å². The molecule has 2 amide bonds. The Morgan fingerprint density at radius 2 is 1.83 bits per heavy atom. The van der Waals surface area contributed by atoms with E-state index in [1.54, 1.807) is 6.21 Å². The van der Waals surface area contributed by atoms with E-state index in [-0.39, 0.29) is 28.3 Å². The van der Waals surface area contributed by atoms with Crippen molar-refractivity contribution in [3.05, 3.63) is 76.3 Å². The van der Waals surface area contributed by atoms with Gasteiger partial charge in [-0.1, -0.05) is 67.3 Å². The Morgan fingerprint density at radius 1 is 1.08 bits per heavy atom. The van der Waals surface area contributed by atoms with Crippen LogP contribution in [0.3, 0.4) is 0 Å². The lowest BCUT2D eigenvalue weighted by atomic mass is 9.93. The first-order chi connectivity index (χ1) is 17.5. The fourth-order valence-corrected chi connectivity index (χ4v) is 5.01. The molecule has 0 bridgehead atoms. The van der Waals surface area contributed by atoms with E-state index < -0.39 is 5.91 Å². The van der Waals surface area contributed by atoms with Gasteiger partial charge in [-0.25, -0.2) is 5.43 Å². The Kier molecular flexibility index (Phi) is 8.57. The average Bonchev–Trinajstić information content (AvgIpc) is 2.90. The van der Waals surface area contributed by atoms with E-state index in [4.69, 9.17) is 17.3 Å². The summed E-state index contributed by atoms with van der Waals surface area (Å²) in [5.41, 5.74) is 10.4. The Morgan fingerprint density at radius 3 is 2.56 bits per heavy atom. The normalized spacial score (nSPS) is 14.3. The van der Waals surface area contributed by atoms with Gasteiger partial charge in [0, 0.05) is 30.3 Å². The number of phenols is 1. The number of aromatic hydroxyl groups is 1. The highest BCUT2D eigenvalue weighted by molar-refractivity contribution is 6.32. The standard InChI is InChI=1S/C28H31ClN4O3/c29-25-16-20(12-13-26(25)34)28(36)32-31-18-21-11-10-19(23-8-4-5-9-24(21)23)17-27(35)33(15-14-30)22-6-2-1-3-7-22/h4-5,8-13,16,18,22,34H,1-3,6-7,14-15,17,30H2,(H,32,36)/b31-18+. The van der Waals surface area contributed by atoms with Gasteiger partial charge >= 0.3 is 0 Å². The molecule has 3 aromatic carbocycles. The zero-order valence-corrected chi connectivity index (χ0v) is 20.9. The molecule has 1 aliphatic carbocycles. The molecule has 4 rings (SSSR count). The number of phenolic OH excluding ortho intramolecular Hbond substituents is 1. The SMILES string of the molecule is NCCN(C(=O)Cc1ccc(/C=N/NC(=O)c2ccc(O)c(Cl)c2)c2ccccc12)C1CCCCC1. The van der Waals surface area contributed by atoms with Gasteiger partial charge in [0.25, 0.3) is 5.91 Å². The molecule has 0 saturated heterocycles. The molecule has 0 aromatic heterocycles. The number of rotatable bonds is 8. The molecule has 4 N–H and O–H groups in total. The molecular weight excluding hydrogens is 476 g/mol. The first-order valence-electron chi connectivity index (χ1n) is 12.3. The number of hydrazone groups is 1. The van der Waals surface area contributed by atoms with Gasteiger partial charge in [0.1, 0.15) is 5.75 Å². The van der Waals surface area contributed by atoms with Crippen LogP contribution in [0.1, 0.15) is 53.6 Å². The van der Waals surface area contributed by atoms with Crippen LogP contribution in [0.5, 0.6) is 5.75 Å². The topological polar surface area (TPSA) is 108 Å². The van der Waals surface area contributed by atoms with Crippen molar-refractivity contribution in [2.45, 2.75) is 44.6 Å². The molecule has 0 atom stereocenters. The van der Waals surface area contributed by atoms with Gasteiger partial charge in [-0.3, -0.25) is 9.59 Å². The van der Waals surface area contributed by atoms with Crippen LogP contribution in [0.15, 0.2) is 59.7 Å². The van der Waals surface area contributed by atoms with Crippen LogP contribution in [-0.2, 0) is 11.2 Å². The van der Waals surface area contributed by atoms with Gasteiger partial charge in [-0.2, -0.15) is 5.10 Å². The molecular formula is C28H31ClN4O3. The minimum atomic E-state index is -0.442. The van der Waals surface area contributed by atoms with E-state index in [0.29, 0.717) is 19.5 Å². The number of hydrogen-bond donors (Lipinski definition) is 3. The van der Waals surface area contributed by atoms with Crippen molar-refractivity contribution in [3.63, 3.8) is 0 Å². The zero-order valence-electron chi connectivity index (χ0n) is 20.1. The third-order valence-corrected chi connectivity index (χ3v) is 6.98. The molecule has 0 heterocycles. The van der Waals surface area contributed by atoms with Crippen molar-refractivity contribution in [3.8, 4) is 5.75 Å². The van der Waals surface area contributed by atoms with Gasteiger partial charge in [-0.05, 0) is 47.4 Å². The molecule has 0 unspecified atom stereocenters. The van der Waals surface area contributed by atoms with Crippen LogP contribution in [0.4, 0.5) is 0 Å². The van der Waals surface area contributed by atoms with E-state index >= 15 is 0 Å². The maximum atomic E-state index is 13.3. The fraction of sp³-hybridized carbons (Fsp3) is 0.321. The summed E-state index contributed by atoms with van der Waals surface area (Å²) >= 11 is 5.88. The second-order valence-corrected chi connectivity index (χ2v) is 9.48. The third kappa shape index (κ3) is 6.04. The summed E-state index contributed by atoms with van der Waals surface area (Å²) in [5.74, 6) is -0.423. The molecule has 1 saturated carbocycles. The summed E-state index contributed by atoms with van der Waals surface area (Å²) in [7, 11) is 0. The van der Waals surface area contributed by atoms with Gasteiger partial charge in [0.05, 0.1) is 17.7 Å². The van der Waals surface area contributed by atoms with Crippen LogP contribution in [0.25, 0.3) is 10.8 Å².